The van der Waals surface area contributed by atoms with Gasteiger partial charge in [-0.05, 0) is 47.4 Å². The highest BCUT2D eigenvalue weighted by Crippen LogP contribution is 2.46. The third-order valence-electron chi connectivity index (χ3n) is 7.02. The van der Waals surface area contributed by atoms with Gasteiger partial charge in [-0.3, -0.25) is 0 Å². The molecule has 0 radical (unpaired) electrons. The van der Waals surface area contributed by atoms with E-state index in [2.05, 4.69) is 132 Å². The molecule has 3 heterocycles. The van der Waals surface area contributed by atoms with Gasteiger partial charge in [0.15, 0.2) is 0 Å². The molecule has 1 unspecified atom stereocenters. The summed E-state index contributed by atoms with van der Waals surface area (Å²) in [5.74, 6) is 0. The maximum atomic E-state index is 2.58. The number of allylic oxidation sites excluding steroid dienone is 4. The van der Waals surface area contributed by atoms with Gasteiger partial charge < -0.3 is 9.80 Å². The summed E-state index contributed by atoms with van der Waals surface area (Å²) in [6.07, 6.45) is 13.6. The number of fused-ring (bicyclic) bond motifs is 3. The summed E-state index contributed by atoms with van der Waals surface area (Å²) in [7, 11) is 0. The Hall–Kier alpha value is -3.78. The topological polar surface area (TPSA) is 6.48 Å². The molecule has 33 heavy (non-hydrogen) atoms. The lowest BCUT2D eigenvalue weighted by atomic mass is 9.96. The molecule has 0 aromatic heterocycles. The van der Waals surface area contributed by atoms with Gasteiger partial charge in [0.1, 0.15) is 0 Å². The molecule has 2 heteroatoms. The van der Waals surface area contributed by atoms with Crippen molar-refractivity contribution in [3.05, 3.63) is 138 Å². The molecule has 0 aliphatic carbocycles. The van der Waals surface area contributed by atoms with Crippen LogP contribution >= 0.6 is 0 Å². The second kappa shape index (κ2) is 8.29. The largest absolute Gasteiger partial charge is 0.365 e. The highest BCUT2D eigenvalue weighted by Gasteiger charge is 2.36. The van der Waals surface area contributed by atoms with E-state index in [0.29, 0.717) is 6.04 Å². The first-order chi connectivity index (χ1) is 16.3. The SMILES string of the molecule is CC1=CCN2C(=C1)c1cc(-c3ccccc3)ccc1[C@H]2CN1C=CC=CC1c1ccccc1. The van der Waals surface area contributed by atoms with Crippen LogP contribution in [0.3, 0.4) is 0 Å². The minimum Gasteiger partial charge on any atom is -0.365 e. The second-order valence-electron chi connectivity index (χ2n) is 9.09. The van der Waals surface area contributed by atoms with Crippen molar-refractivity contribution >= 4 is 5.70 Å². The van der Waals surface area contributed by atoms with Crippen LogP contribution in [-0.2, 0) is 0 Å². The summed E-state index contributed by atoms with van der Waals surface area (Å²) in [5, 5.41) is 0. The zero-order chi connectivity index (χ0) is 22.2. The average Bonchev–Trinajstić information content (AvgIpc) is 3.17. The fourth-order valence-corrected chi connectivity index (χ4v) is 5.33. The zero-order valence-electron chi connectivity index (χ0n) is 18.9. The van der Waals surface area contributed by atoms with E-state index in [0.717, 1.165) is 13.1 Å². The molecule has 6 rings (SSSR count). The molecule has 2 nitrogen and oxygen atoms in total. The summed E-state index contributed by atoms with van der Waals surface area (Å²) in [5.41, 5.74) is 9.40. The summed E-state index contributed by atoms with van der Waals surface area (Å²) >= 11 is 0. The van der Waals surface area contributed by atoms with Crippen LogP contribution in [-0.4, -0.2) is 22.9 Å². The Bertz CT molecular complexity index is 1280. The lowest BCUT2D eigenvalue weighted by Gasteiger charge is -2.37. The molecule has 3 aliphatic rings. The fourth-order valence-electron chi connectivity index (χ4n) is 5.33. The van der Waals surface area contributed by atoms with E-state index in [1.54, 1.807) is 0 Å². The van der Waals surface area contributed by atoms with E-state index >= 15 is 0 Å². The first kappa shape index (κ1) is 19.9. The Balaban J connectivity index is 1.38. The highest BCUT2D eigenvalue weighted by molar-refractivity contribution is 5.79. The Morgan fingerprint density at radius 2 is 1.64 bits per heavy atom. The molecule has 3 aromatic carbocycles. The quantitative estimate of drug-likeness (QED) is 0.436. The third-order valence-corrected chi connectivity index (χ3v) is 7.02. The van der Waals surface area contributed by atoms with Gasteiger partial charge in [0, 0.05) is 30.5 Å². The predicted octanol–water partition coefficient (Wildman–Crippen LogP) is 7.14. The number of hydrogen-bond donors (Lipinski definition) is 0. The van der Waals surface area contributed by atoms with Gasteiger partial charge in [-0.25, -0.2) is 0 Å². The summed E-state index contributed by atoms with van der Waals surface area (Å²) in [6.45, 7) is 4.12. The van der Waals surface area contributed by atoms with Gasteiger partial charge in [-0.2, -0.15) is 0 Å². The first-order valence-electron chi connectivity index (χ1n) is 11.8. The molecule has 0 saturated carbocycles. The maximum Gasteiger partial charge on any atom is 0.0727 e. The average molecular weight is 429 g/mol. The van der Waals surface area contributed by atoms with Crippen molar-refractivity contribution in [1.82, 2.24) is 9.80 Å². The van der Waals surface area contributed by atoms with Crippen molar-refractivity contribution < 1.29 is 0 Å². The lowest BCUT2D eigenvalue weighted by molar-refractivity contribution is 0.226. The number of hydrogen-bond acceptors (Lipinski definition) is 2. The molecule has 3 aromatic rings. The van der Waals surface area contributed by atoms with Crippen molar-refractivity contribution in [3.63, 3.8) is 0 Å². The summed E-state index contributed by atoms with van der Waals surface area (Å²) in [6, 6.07) is 29.1. The van der Waals surface area contributed by atoms with Crippen LogP contribution in [0, 0.1) is 0 Å². The van der Waals surface area contributed by atoms with Gasteiger partial charge in [0.2, 0.25) is 0 Å². The van der Waals surface area contributed by atoms with Crippen molar-refractivity contribution in [1.29, 1.82) is 0 Å². The van der Waals surface area contributed by atoms with E-state index in [4.69, 9.17) is 0 Å². The Kier molecular flexibility index (Phi) is 4.99. The zero-order valence-corrected chi connectivity index (χ0v) is 18.9. The smallest absolute Gasteiger partial charge is 0.0727 e. The van der Waals surface area contributed by atoms with Crippen LogP contribution in [0.2, 0.25) is 0 Å². The van der Waals surface area contributed by atoms with Gasteiger partial charge in [-0.1, -0.05) is 96.6 Å². The van der Waals surface area contributed by atoms with Crippen molar-refractivity contribution in [2.75, 3.05) is 13.1 Å². The Labute approximate surface area is 196 Å². The van der Waals surface area contributed by atoms with Crippen LogP contribution in [0.1, 0.15) is 35.7 Å². The number of benzene rings is 3. The predicted molar refractivity (Wildman–Crippen MR) is 137 cm³/mol. The van der Waals surface area contributed by atoms with Gasteiger partial charge >= 0.3 is 0 Å². The van der Waals surface area contributed by atoms with Crippen molar-refractivity contribution in [3.8, 4) is 11.1 Å². The van der Waals surface area contributed by atoms with Crippen molar-refractivity contribution in [2.45, 2.75) is 19.0 Å². The summed E-state index contributed by atoms with van der Waals surface area (Å²) < 4.78 is 0. The van der Waals surface area contributed by atoms with E-state index in [-0.39, 0.29) is 6.04 Å². The number of nitrogens with zero attached hydrogens (tertiary/aromatic N) is 2. The molecule has 0 bridgehead atoms. The van der Waals surface area contributed by atoms with Crippen LogP contribution in [0.25, 0.3) is 16.8 Å². The molecule has 0 N–H and O–H groups in total. The fraction of sp³-hybridized carbons (Fsp3) is 0.161. The van der Waals surface area contributed by atoms with Gasteiger partial charge in [0.05, 0.1) is 12.1 Å². The van der Waals surface area contributed by atoms with E-state index in [1.807, 2.05) is 0 Å². The van der Waals surface area contributed by atoms with Crippen LogP contribution in [0.15, 0.2) is 121 Å². The number of rotatable bonds is 4. The highest BCUT2D eigenvalue weighted by atomic mass is 15.3. The monoisotopic (exact) mass is 428 g/mol. The van der Waals surface area contributed by atoms with Crippen molar-refractivity contribution in [2.24, 2.45) is 0 Å². The first-order valence-corrected chi connectivity index (χ1v) is 11.8. The standard InChI is InChI=1S/C31H28N2/c1-23-17-19-33-30(20-23)28-21-26(24-10-4-2-5-11-24)15-16-27(28)31(33)22-32-18-9-8-14-29(32)25-12-6-3-7-13-25/h2-18,20-21,29,31H,19,22H2,1H3/t29?,31-/m1/s1. The lowest BCUT2D eigenvalue weighted by Crippen LogP contribution is -2.34. The van der Waals surface area contributed by atoms with Gasteiger partial charge in [-0.15, -0.1) is 0 Å². The molecule has 0 fully saturated rings. The third kappa shape index (κ3) is 3.62. The van der Waals surface area contributed by atoms with E-state index in [1.165, 1.54) is 39.1 Å². The normalized spacial score (nSPS) is 20.9. The summed E-state index contributed by atoms with van der Waals surface area (Å²) in [4.78, 5) is 5.07. The molecule has 0 spiro atoms. The minimum atomic E-state index is 0.262. The second-order valence-corrected chi connectivity index (χ2v) is 9.09. The molecule has 0 amide bonds. The minimum absolute atomic E-state index is 0.262. The molecular formula is C31H28N2. The Morgan fingerprint density at radius 3 is 2.45 bits per heavy atom. The maximum absolute atomic E-state index is 2.58. The molecule has 0 saturated heterocycles. The van der Waals surface area contributed by atoms with Crippen LogP contribution < -0.4 is 0 Å². The van der Waals surface area contributed by atoms with E-state index < -0.39 is 0 Å². The molecule has 162 valence electrons. The van der Waals surface area contributed by atoms with E-state index in [9.17, 15) is 0 Å². The van der Waals surface area contributed by atoms with Crippen LogP contribution in [0.4, 0.5) is 0 Å². The Morgan fingerprint density at radius 1 is 0.848 bits per heavy atom. The molecule has 2 atom stereocenters. The molecular weight excluding hydrogens is 400 g/mol. The van der Waals surface area contributed by atoms with Gasteiger partial charge in [0.25, 0.3) is 0 Å². The molecule has 3 aliphatic heterocycles. The van der Waals surface area contributed by atoms with Crippen LogP contribution in [0.5, 0.6) is 0 Å².